The summed E-state index contributed by atoms with van der Waals surface area (Å²) in [5, 5.41) is 9.57. The molecule has 0 aliphatic rings. The van der Waals surface area contributed by atoms with Crippen LogP contribution in [0.3, 0.4) is 0 Å². The second-order valence-electron chi connectivity index (χ2n) is 5.49. The molecule has 0 spiro atoms. The van der Waals surface area contributed by atoms with Crippen molar-refractivity contribution in [1.82, 2.24) is 0 Å². The van der Waals surface area contributed by atoms with Crippen molar-refractivity contribution < 1.29 is 9.84 Å². The quantitative estimate of drug-likeness (QED) is 0.900. The predicted octanol–water partition coefficient (Wildman–Crippen LogP) is 4.24. The highest BCUT2D eigenvalue weighted by atomic mass is 16.5. The van der Waals surface area contributed by atoms with E-state index < -0.39 is 6.10 Å². The van der Waals surface area contributed by atoms with Gasteiger partial charge in [-0.2, -0.15) is 0 Å². The van der Waals surface area contributed by atoms with E-state index in [-0.39, 0.29) is 0 Å². The third kappa shape index (κ3) is 3.61. The van der Waals surface area contributed by atoms with E-state index in [0.717, 1.165) is 16.9 Å². The lowest BCUT2D eigenvalue weighted by Crippen LogP contribution is -1.99. The Hall–Kier alpha value is -1.80. The van der Waals surface area contributed by atoms with Crippen molar-refractivity contribution in [3.63, 3.8) is 0 Å². The largest absolute Gasteiger partial charge is 0.489 e. The van der Waals surface area contributed by atoms with Gasteiger partial charge in [0.1, 0.15) is 12.4 Å². The number of benzene rings is 2. The second-order valence-corrected chi connectivity index (χ2v) is 5.49. The van der Waals surface area contributed by atoms with E-state index in [1.54, 1.807) is 6.92 Å². The molecule has 0 amide bonds. The van der Waals surface area contributed by atoms with E-state index in [4.69, 9.17) is 4.74 Å². The Balaban J connectivity index is 2.11. The standard InChI is InChI=1S/C18H22O2/c1-12-7-13(2)9-16(8-12)11-20-18-6-5-17(15(4)19)10-14(18)3/h5-10,15,19H,11H2,1-4H3/t15-/m1/s1. The first-order chi connectivity index (χ1) is 9.45. The fourth-order valence-electron chi connectivity index (χ4n) is 2.41. The Morgan fingerprint density at radius 1 is 1.00 bits per heavy atom. The molecule has 0 fully saturated rings. The molecule has 1 N–H and O–H groups in total. The maximum absolute atomic E-state index is 9.57. The van der Waals surface area contributed by atoms with Gasteiger partial charge in [-0.25, -0.2) is 0 Å². The molecule has 0 radical (unpaired) electrons. The highest BCUT2D eigenvalue weighted by molar-refractivity contribution is 5.37. The summed E-state index contributed by atoms with van der Waals surface area (Å²) in [5.41, 5.74) is 5.66. The Morgan fingerprint density at radius 3 is 2.20 bits per heavy atom. The van der Waals surface area contributed by atoms with E-state index in [1.807, 2.05) is 25.1 Å². The van der Waals surface area contributed by atoms with Crippen LogP contribution in [0.2, 0.25) is 0 Å². The molecule has 0 aliphatic heterocycles. The van der Waals surface area contributed by atoms with Crippen LogP contribution in [0.25, 0.3) is 0 Å². The Kier molecular flexibility index (Phi) is 4.46. The maximum Gasteiger partial charge on any atom is 0.122 e. The highest BCUT2D eigenvalue weighted by Gasteiger charge is 2.05. The molecule has 2 heteroatoms. The van der Waals surface area contributed by atoms with Crippen molar-refractivity contribution in [3.05, 3.63) is 64.2 Å². The summed E-state index contributed by atoms with van der Waals surface area (Å²) in [4.78, 5) is 0. The van der Waals surface area contributed by atoms with Gasteiger partial charge < -0.3 is 9.84 Å². The zero-order valence-corrected chi connectivity index (χ0v) is 12.6. The second kappa shape index (κ2) is 6.10. The molecule has 0 saturated carbocycles. The number of ether oxygens (including phenoxy) is 1. The van der Waals surface area contributed by atoms with Gasteiger partial charge in [0.25, 0.3) is 0 Å². The van der Waals surface area contributed by atoms with Gasteiger partial charge >= 0.3 is 0 Å². The topological polar surface area (TPSA) is 29.5 Å². The molecule has 2 aromatic carbocycles. The van der Waals surface area contributed by atoms with Crippen LogP contribution in [0.4, 0.5) is 0 Å². The summed E-state index contributed by atoms with van der Waals surface area (Å²) in [6.45, 7) is 8.53. The van der Waals surface area contributed by atoms with E-state index in [9.17, 15) is 5.11 Å². The molecule has 0 heterocycles. The molecule has 20 heavy (non-hydrogen) atoms. The van der Waals surface area contributed by atoms with E-state index in [1.165, 1.54) is 16.7 Å². The van der Waals surface area contributed by atoms with Crippen LogP contribution in [0.1, 0.15) is 40.8 Å². The predicted molar refractivity (Wildman–Crippen MR) is 82.1 cm³/mol. The lowest BCUT2D eigenvalue weighted by atomic mass is 10.1. The zero-order valence-electron chi connectivity index (χ0n) is 12.6. The van der Waals surface area contributed by atoms with Crippen LogP contribution in [-0.4, -0.2) is 5.11 Å². The first-order valence-electron chi connectivity index (χ1n) is 6.94. The van der Waals surface area contributed by atoms with Gasteiger partial charge in [-0.15, -0.1) is 0 Å². The van der Waals surface area contributed by atoms with E-state index in [0.29, 0.717) is 6.61 Å². The van der Waals surface area contributed by atoms with Crippen molar-refractivity contribution in [1.29, 1.82) is 0 Å². The molecule has 0 aromatic heterocycles. The number of aryl methyl sites for hydroxylation is 3. The van der Waals surface area contributed by atoms with Gasteiger partial charge in [0.05, 0.1) is 6.10 Å². The van der Waals surface area contributed by atoms with Gasteiger partial charge in [0.2, 0.25) is 0 Å². The zero-order chi connectivity index (χ0) is 14.7. The monoisotopic (exact) mass is 270 g/mol. The SMILES string of the molecule is Cc1cc(C)cc(COc2ccc([C@@H](C)O)cc2C)c1. The summed E-state index contributed by atoms with van der Waals surface area (Å²) < 4.78 is 5.89. The van der Waals surface area contributed by atoms with Gasteiger partial charge in [0.15, 0.2) is 0 Å². The minimum absolute atomic E-state index is 0.442. The lowest BCUT2D eigenvalue weighted by molar-refractivity contribution is 0.199. The smallest absolute Gasteiger partial charge is 0.122 e. The fraction of sp³-hybridized carbons (Fsp3) is 0.333. The third-order valence-corrected chi connectivity index (χ3v) is 3.36. The first kappa shape index (κ1) is 14.6. The van der Waals surface area contributed by atoms with Crippen LogP contribution >= 0.6 is 0 Å². The number of rotatable bonds is 4. The average Bonchev–Trinajstić information content (AvgIpc) is 2.36. The average molecular weight is 270 g/mol. The fourth-order valence-corrected chi connectivity index (χ4v) is 2.41. The number of hydrogen-bond donors (Lipinski definition) is 1. The molecule has 2 aromatic rings. The molecular formula is C18H22O2. The van der Waals surface area contributed by atoms with Crippen molar-refractivity contribution in [2.75, 3.05) is 0 Å². The Morgan fingerprint density at radius 2 is 1.65 bits per heavy atom. The summed E-state index contributed by atoms with van der Waals surface area (Å²) in [7, 11) is 0. The minimum Gasteiger partial charge on any atom is -0.489 e. The van der Waals surface area contributed by atoms with Crippen LogP contribution in [0.5, 0.6) is 5.75 Å². The Labute approximate surface area is 121 Å². The van der Waals surface area contributed by atoms with Crippen LogP contribution in [0.15, 0.2) is 36.4 Å². The number of aliphatic hydroxyl groups excluding tert-OH is 1. The van der Waals surface area contributed by atoms with E-state index in [2.05, 4.69) is 32.0 Å². The first-order valence-corrected chi connectivity index (χ1v) is 6.94. The van der Waals surface area contributed by atoms with Crippen molar-refractivity contribution in [3.8, 4) is 5.75 Å². The molecule has 0 unspecified atom stereocenters. The number of hydrogen-bond acceptors (Lipinski definition) is 2. The van der Waals surface area contributed by atoms with Crippen LogP contribution in [0, 0.1) is 20.8 Å². The Bertz CT molecular complexity index is 580. The van der Waals surface area contributed by atoms with Crippen molar-refractivity contribution in [2.24, 2.45) is 0 Å². The minimum atomic E-state index is -0.442. The van der Waals surface area contributed by atoms with Gasteiger partial charge in [0, 0.05) is 0 Å². The third-order valence-electron chi connectivity index (χ3n) is 3.36. The molecule has 0 saturated heterocycles. The van der Waals surface area contributed by atoms with Gasteiger partial charge in [-0.05, 0) is 56.5 Å². The molecule has 2 rings (SSSR count). The molecule has 0 bridgehead atoms. The molecule has 1 atom stereocenters. The maximum atomic E-state index is 9.57. The lowest BCUT2D eigenvalue weighted by Gasteiger charge is -2.12. The van der Waals surface area contributed by atoms with Crippen molar-refractivity contribution >= 4 is 0 Å². The normalized spacial score (nSPS) is 12.2. The highest BCUT2D eigenvalue weighted by Crippen LogP contribution is 2.23. The van der Waals surface area contributed by atoms with Crippen LogP contribution < -0.4 is 4.74 Å². The summed E-state index contributed by atoms with van der Waals surface area (Å²) in [6, 6.07) is 12.3. The van der Waals surface area contributed by atoms with E-state index >= 15 is 0 Å². The molecular weight excluding hydrogens is 248 g/mol. The van der Waals surface area contributed by atoms with Crippen LogP contribution in [-0.2, 0) is 6.61 Å². The van der Waals surface area contributed by atoms with Crippen molar-refractivity contribution in [2.45, 2.75) is 40.4 Å². The molecule has 0 aliphatic carbocycles. The number of aliphatic hydroxyl groups is 1. The van der Waals surface area contributed by atoms with Gasteiger partial charge in [-0.1, -0.05) is 35.4 Å². The molecule has 106 valence electrons. The summed E-state index contributed by atoms with van der Waals surface area (Å²) >= 11 is 0. The summed E-state index contributed by atoms with van der Waals surface area (Å²) in [5.74, 6) is 0.869. The molecule has 2 nitrogen and oxygen atoms in total. The van der Waals surface area contributed by atoms with Gasteiger partial charge in [-0.3, -0.25) is 0 Å². The summed E-state index contributed by atoms with van der Waals surface area (Å²) in [6.07, 6.45) is -0.442.